The van der Waals surface area contributed by atoms with E-state index >= 15 is 0 Å². The maximum absolute atomic E-state index is 12.7. The normalized spacial score (nSPS) is 16.5. The quantitative estimate of drug-likeness (QED) is 0.759. The van der Waals surface area contributed by atoms with Crippen LogP contribution < -0.4 is 5.32 Å². The van der Waals surface area contributed by atoms with Gasteiger partial charge in [0.15, 0.2) is 0 Å². The van der Waals surface area contributed by atoms with Crippen LogP contribution in [-0.2, 0) is 12.5 Å². The van der Waals surface area contributed by atoms with E-state index in [0.29, 0.717) is 11.0 Å². The van der Waals surface area contributed by atoms with Gasteiger partial charge in [-0.25, -0.2) is 0 Å². The Morgan fingerprint density at radius 2 is 1.88 bits per heavy atom. The predicted molar refractivity (Wildman–Crippen MR) is 104 cm³/mol. The lowest BCUT2D eigenvalue weighted by Gasteiger charge is -2.15. The van der Waals surface area contributed by atoms with Gasteiger partial charge in [-0.2, -0.15) is 5.10 Å². The molecule has 4 nitrogen and oxygen atoms in total. The number of hydrogen-bond donors (Lipinski definition) is 1. The highest BCUT2D eigenvalue weighted by atomic mass is 16.1. The lowest BCUT2D eigenvalue weighted by atomic mass is 9.95. The van der Waals surface area contributed by atoms with Crippen molar-refractivity contribution in [2.24, 2.45) is 7.05 Å². The second kappa shape index (κ2) is 5.97. The van der Waals surface area contributed by atoms with Crippen molar-refractivity contribution in [3.05, 3.63) is 65.0 Å². The molecule has 4 rings (SSSR count). The molecular weight excluding hydrogens is 322 g/mol. The van der Waals surface area contributed by atoms with E-state index in [1.165, 1.54) is 23.8 Å². The van der Waals surface area contributed by atoms with Crippen molar-refractivity contribution in [3.63, 3.8) is 0 Å². The molecule has 134 valence electrons. The average molecular weight is 347 g/mol. The molecule has 1 saturated carbocycles. The first-order valence-electron chi connectivity index (χ1n) is 9.21. The molecule has 26 heavy (non-hydrogen) atoms. The topological polar surface area (TPSA) is 46.9 Å². The predicted octanol–water partition coefficient (Wildman–Crippen LogP) is 4.42. The molecule has 0 spiro atoms. The van der Waals surface area contributed by atoms with Crippen LogP contribution in [0.15, 0.2) is 42.6 Å². The van der Waals surface area contributed by atoms with Gasteiger partial charge in [0.25, 0.3) is 5.91 Å². The summed E-state index contributed by atoms with van der Waals surface area (Å²) < 4.78 is 1.83. The monoisotopic (exact) mass is 347 g/mol. The van der Waals surface area contributed by atoms with Gasteiger partial charge in [0, 0.05) is 23.9 Å². The molecule has 1 heterocycles. The van der Waals surface area contributed by atoms with Gasteiger partial charge < -0.3 is 5.32 Å². The number of fused-ring (bicyclic) bond motifs is 1. The van der Waals surface area contributed by atoms with Gasteiger partial charge in [0.1, 0.15) is 0 Å². The SMILES string of the molecule is Cc1c(C(C)NC(=O)c2ccc3cc(C4(C)CC4)ccc3c2)cnn1C. The van der Waals surface area contributed by atoms with Gasteiger partial charge in [0.2, 0.25) is 0 Å². The Morgan fingerprint density at radius 1 is 1.19 bits per heavy atom. The first-order chi connectivity index (χ1) is 12.4. The van der Waals surface area contributed by atoms with E-state index in [1.54, 1.807) is 0 Å². The van der Waals surface area contributed by atoms with E-state index in [4.69, 9.17) is 0 Å². The Morgan fingerprint density at radius 3 is 2.54 bits per heavy atom. The fraction of sp³-hybridized carbons (Fsp3) is 0.364. The third kappa shape index (κ3) is 2.90. The number of aryl methyl sites for hydroxylation is 1. The molecule has 0 aliphatic heterocycles. The van der Waals surface area contributed by atoms with Crippen molar-refractivity contribution in [3.8, 4) is 0 Å². The minimum atomic E-state index is -0.0795. The highest BCUT2D eigenvalue weighted by Gasteiger charge is 2.38. The van der Waals surface area contributed by atoms with Crippen molar-refractivity contribution < 1.29 is 4.79 Å². The molecule has 1 atom stereocenters. The number of hydrogen-bond acceptors (Lipinski definition) is 2. The maximum Gasteiger partial charge on any atom is 0.251 e. The summed E-state index contributed by atoms with van der Waals surface area (Å²) >= 11 is 0. The molecule has 2 aromatic carbocycles. The molecule has 0 radical (unpaired) electrons. The second-order valence-corrected chi connectivity index (χ2v) is 7.84. The summed E-state index contributed by atoms with van der Waals surface area (Å²) in [5.74, 6) is -0.0547. The minimum Gasteiger partial charge on any atom is -0.345 e. The van der Waals surface area contributed by atoms with Crippen molar-refractivity contribution in [2.45, 2.75) is 45.1 Å². The van der Waals surface area contributed by atoms with Gasteiger partial charge in [-0.3, -0.25) is 9.48 Å². The molecule has 1 unspecified atom stereocenters. The molecule has 1 aliphatic carbocycles. The molecule has 3 aromatic rings. The number of amides is 1. The summed E-state index contributed by atoms with van der Waals surface area (Å²) in [6, 6.07) is 12.5. The number of rotatable bonds is 4. The lowest BCUT2D eigenvalue weighted by Crippen LogP contribution is -2.26. The number of carbonyl (C=O) groups is 1. The first-order valence-corrected chi connectivity index (χ1v) is 9.21. The Hall–Kier alpha value is -2.62. The fourth-order valence-corrected chi connectivity index (χ4v) is 3.54. The van der Waals surface area contributed by atoms with Crippen molar-refractivity contribution in [2.75, 3.05) is 0 Å². The molecule has 1 aliphatic rings. The highest BCUT2D eigenvalue weighted by Crippen LogP contribution is 2.48. The van der Waals surface area contributed by atoms with Crippen LogP contribution in [0.4, 0.5) is 0 Å². The summed E-state index contributed by atoms with van der Waals surface area (Å²) in [5.41, 5.74) is 4.57. The molecular formula is C22H25N3O. The number of carbonyl (C=O) groups excluding carboxylic acids is 1. The van der Waals surface area contributed by atoms with Crippen molar-refractivity contribution in [1.29, 1.82) is 0 Å². The third-order valence-corrected chi connectivity index (χ3v) is 5.89. The van der Waals surface area contributed by atoms with Crippen molar-refractivity contribution in [1.82, 2.24) is 15.1 Å². The van der Waals surface area contributed by atoms with Crippen LogP contribution in [0, 0.1) is 6.92 Å². The summed E-state index contributed by atoms with van der Waals surface area (Å²) in [7, 11) is 1.91. The van der Waals surface area contributed by atoms with E-state index in [1.807, 2.05) is 43.9 Å². The van der Waals surface area contributed by atoms with Gasteiger partial charge in [-0.1, -0.05) is 31.2 Å². The standard InChI is InChI=1S/C22H25N3O/c1-14(20-13-23-25(4)15(20)2)24-21(26)18-6-5-17-12-19(22(3)9-10-22)8-7-16(17)11-18/h5-8,11-14H,9-10H2,1-4H3,(H,24,26). The van der Waals surface area contributed by atoms with E-state index in [2.05, 4.69) is 41.6 Å². The van der Waals surface area contributed by atoms with E-state index in [9.17, 15) is 4.79 Å². The largest absolute Gasteiger partial charge is 0.345 e. The number of benzene rings is 2. The van der Waals surface area contributed by atoms with Crippen molar-refractivity contribution >= 4 is 16.7 Å². The number of nitrogens with one attached hydrogen (secondary N) is 1. The van der Waals surface area contributed by atoms with Gasteiger partial charge in [-0.05, 0) is 60.6 Å². The molecule has 1 aromatic heterocycles. The van der Waals surface area contributed by atoms with E-state index in [0.717, 1.165) is 16.6 Å². The fourth-order valence-electron chi connectivity index (χ4n) is 3.54. The van der Waals surface area contributed by atoms with E-state index in [-0.39, 0.29) is 11.9 Å². The van der Waals surface area contributed by atoms with Crippen LogP contribution in [0.5, 0.6) is 0 Å². The summed E-state index contributed by atoms with van der Waals surface area (Å²) in [6.45, 7) is 6.32. The second-order valence-electron chi connectivity index (χ2n) is 7.84. The molecule has 1 fully saturated rings. The first kappa shape index (κ1) is 16.8. The Bertz CT molecular complexity index is 998. The van der Waals surface area contributed by atoms with Crippen LogP contribution in [0.25, 0.3) is 10.8 Å². The Kier molecular flexibility index (Phi) is 3.87. The molecule has 4 heteroatoms. The summed E-state index contributed by atoms with van der Waals surface area (Å²) in [5, 5.41) is 9.65. The average Bonchev–Trinajstić information content (AvgIpc) is 3.30. The molecule has 1 N–H and O–H groups in total. The third-order valence-electron chi connectivity index (χ3n) is 5.89. The molecule has 0 saturated heterocycles. The van der Waals surface area contributed by atoms with Crippen LogP contribution in [0.2, 0.25) is 0 Å². The summed E-state index contributed by atoms with van der Waals surface area (Å²) in [4.78, 5) is 12.7. The number of nitrogens with zero attached hydrogens (tertiary/aromatic N) is 2. The zero-order chi connectivity index (χ0) is 18.5. The van der Waals surface area contributed by atoms with Crippen LogP contribution >= 0.6 is 0 Å². The molecule has 0 bridgehead atoms. The van der Waals surface area contributed by atoms with E-state index < -0.39 is 0 Å². The van der Waals surface area contributed by atoms with Crippen LogP contribution in [0.1, 0.15) is 59.9 Å². The van der Waals surface area contributed by atoms with Gasteiger partial charge >= 0.3 is 0 Å². The smallest absolute Gasteiger partial charge is 0.251 e. The number of aromatic nitrogens is 2. The minimum absolute atomic E-state index is 0.0547. The molecule has 1 amide bonds. The van der Waals surface area contributed by atoms with Gasteiger partial charge in [-0.15, -0.1) is 0 Å². The van der Waals surface area contributed by atoms with Gasteiger partial charge in [0.05, 0.1) is 12.2 Å². The Balaban J connectivity index is 1.56. The Labute approximate surface area is 154 Å². The van der Waals surface area contributed by atoms with Crippen LogP contribution in [-0.4, -0.2) is 15.7 Å². The zero-order valence-corrected chi connectivity index (χ0v) is 15.8. The highest BCUT2D eigenvalue weighted by molar-refractivity contribution is 5.98. The van der Waals surface area contributed by atoms with Crippen LogP contribution in [0.3, 0.4) is 0 Å². The maximum atomic E-state index is 12.7. The lowest BCUT2D eigenvalue weighted by molar-refractivity contribution is 0.0940. The summed E-state index contributed by atoms with van der Waals surface area (Å²) in [6.07, 6.45) is 4.36. The zero-order valence-electron chi connectivity index (χ0n) is 15.8.